The number of nitrogens with one attached hydrogen (secondary N) is 2. The lowest BCUT2D eigenvalue weighted by atomic mass is 10.1. The minimum absolute atomic E-state index is 0. The van der Waals surface area contributed by atoms with E-state index < -0.39 is 0 Å². The molecule has 0 spiro atoms. The van der Waals surface area contributed by atoms with Crippen molar-refractivity contribution >= 4 is 29.9 Å². The van der Waals surface area contributed by atoms with Gasteiger partial charge in [-0.15, -0.1) is 24.0 Å². The molecule has 0 aliphatic heterocycles. The van der Waals surface area contributed by atoms with Gasteiger partial charge in [0.25, 0.3) is 0 Å². The molecular weight excluding hydrogens is 449 g/mol. The Kier molecular flexibility index (Phi) is 8.32. The van der Waals surface area contributed by atoms with E-state index in [2.05, 4.69) is 46.7 Å². The molecule has 27 heavy (non-hydrogen) atoms. The maximum Gasteiger partial charge on any atom is 0.192 e. The molecule has 0 radical (unpaired) electrons. The maximum absolute atomic E-state index is 4.67. The van der Waals surface area contributed by atoms with Gasteiger partial charge in [-0.3, -0.25) is 0 Å². The molecule has 0 aliphatic rings. The molecule has 1 aromatic heterocycles. The number of para-hydroxylation sites is 1. The van der Waals surface area contributed by atoms with Crippen LogP contribution < -0.4 is 10.6 Å². The molecule has 0 aliphatic carbocycles. The molecule has 2 N–H and O–H groups in total. The summed E-state index contributed by atoms with van der Waals surface area (Å²) in [7, 11) is 0. The first kappa shape index (κ1) is 21.0. The zero-order valence-electron chi connectivity index (χ0n) is 15.7. The number of halogens is 1. The van der Waals surface area contributed by atoms with Gasteiger partial charge in [-0.25, -0.2) is 9.67 Å². The highest BCUT2D eigenvalue weighted by molar-refractivity contribution is 14.0. The number of benzene rings is 2. The Hall–Kier alpha value is -2.35. The number of hydrogen-bond donors (Lipinski definition) is 2. The van der Waals surface area contributed by atoms with Crippen LogP contribution in [-0.2, 0) is 6.54 Å². The number of nitrogens with zero attached hydrogens (tertiary/aromatic N) is 3. The Morgan fingerprint density at radius 1 is 1.04 bits per heavy atom. The molecule has 2 aromatic carbocycles. The van der Waals surface area contributed by atoms with Crippen molar-refractivity contribution in [3.05, 3.63) is 84.2 Å². The molecule has 3 rings (SSSR count). The summed E-state index contributed by atoms with van der Waals surface area (Å²) in [5, 5.41) is 11.3. The van der Waals surface area contributed by atoms with Crippen molar-refractivity contribution in [3.63, 3.8) is 0 Å². The topological polar surface area (TPSA) is 54.2 Å². The summed E-state index contributed by atoms with van der Waals surface area (Å²) in [6.45, 7) is 5.53. The zero-order chi connectivity index (χ0) is 18.2. The van der Waals surface area contributed by atoms with Gasteiger partial charge in [-0.1, -0.05) is 48.5 Å². The molecule has 3 aromatic rings. The fourth-order valence-electron chi connectivity index (χ4n) is 2.68. The van der Waals surface area contributed by atoms with E-state index in [0.717, 1.165) is 23.9 Å². The van der Waals surface area contributed by atoms with E-state index in [4.69, 9.17) is 0 Å². The summed E-state index contributed by atoms with van der Waals surface area (Å²) in [6, 6.07) is 22.6. The Bertz CT molecular complexity index is 830. The largest absolute Gasteiger partial charge is 0.357 e. The Morgan fingerprint density at radius 3 is 2.37 bits per heavy atom. The van der Waals surface area contributed by atoms with Gasteiger partial charge < -0.3 is 10.6 Å². The van der Waals surface area contributed by atoms with Gasteiger partial charge in [0.05, 0.1) is 24.0 Å². The molecule has 1 atom stereocenters. The Labute approximate surface area is 177 Å². The van der Waals surface area contributed by atoms with E-state index in [0.29, 0.717) is 6.54 Å². The predicted octanol–water partition coefficient (Wildman–Crippen LogP) is 4.31. The highest BCUT2D eigenvalue weighted by Crippen LogP contribution is 2.11. The van der Waals surface area contributed by atoms with Crippen LogP contribution in [0.2, 0.25) is 0 Å². The van der Waals surface area contributed by atoms with Gasteiger partial charge in [0.2, 0.25) is 0 Å². The Morgan fingerprint density at radius 2 is 1.70 bits per heavy atom. The van der Waals surface area contributed by atoms with Crippen molar-refractivity contribution in [2.45, 2.75) is 26.4 Å². The fraction of sp³-hybridized carbons (Fsp3) is 0.238. The number of aromatic nitrogens is 2. The van der Waals surface area contributed by atoms with Crippen molar-refractivity contribution in [2.75, 3.05) is 6.54 Å². The van der Waals surface area contributed by atoms with Crippen LogP contribution in [0, 0.1) is 0 Å². The summed E-state index contributed by atoms with van der Waals surface area (Å²) in [4.78, 5) is 4.67. The van der Waals surface area contributed by atoms with Crippen LogP contribution in [0.3, 0.4) is 0 Å². The quantitative estimate of drug-likeness (QED) is 0.318. The van der Waals surface area contributed by atoms with Crippen molar-refractivity contribution < 1.29 is 0 Å². The summed E-state index contributed by atoms with van der Waals surface area (Å²) in [5.41, 5.74) is 3.20. The first-order valence-electron chi connectivity index (χ1n) is 8.96. The van der Waals surface area contributed by atoms with E-state index >= 15 is 0 Å². The summed E-state index contributed by atoms with van der Waals surface area (Å²) < 4.78 is 1.87. The number of hydrogen-bond acceptors (Lipinski definition) is 2. The summed E-state index contributed by atoms with van der Waals surface area (Å²) >= 11 is 0. The van der Waals surface area contributed by atoms with Crippen molar-refractivity contribution in [1.82, 2.24) is 20.4 Å². The molecule has 1 heterocycles. The van der Waals surface area contributed by atoms with Crippen LogP contribution >= 0.6 is 24.0 Å². The van der Waals surface area contributed by atoms with Gasteiger partial charge >= 0.3 is 0 Å². The zero-order valence-corrected chi connectivity index (χ0v) is 18.0. The molecule has 0 fully saturated rings. The first-order valence-corrected chi connectivity index (χ1v) is 8.96. The van der Waals surface area contributed by atoms with E-state index in [-0.39, 0.29) is 30.0 Å². The summed E-state index contributed by atoms with van der Waals surface area (Å²) in [6.07, 6.45) is 1.97. The van der Waals surface area contributed by atoms with E-state index in [1.165, 1.54) is 5.56 Å². The van der Waals surface area contributed by atoms with Crippen molar-refractivity contribution in [3.8, 4) is 5.69 Å². The lowest BCUT2D eigenvalue weighted by Crippen LogP contribution is -2.38. The van der Waals surface area contributed by atoms with Gasteiger partial charge in [-0.05, 0) is 37.6 Å². The number of rotatable bonds is 6. The highest BCUT2D eigenvalue weighted by atomic mass is 127. The maximum atomic E-state index is 4.67. The second-order valence-electron chi connectivity index (χ2n) is 6.06. The average molecular weight is 475 g/mol. The van der Waals surface area contributed by atoms with Gasteiger partial charge in [0.15, 0.2) is 5.96 Å². The number of aliphatic imine (C=N–C) groups is 1. The molecule has 0 saturated carbocycles. The minimum Gasteiger partial charge on any atom is -0.357 e. The minimum atomic E-state index is 0. The van der Waals surface area contributed by atoms with Crippen molar-refractivity contribution in [1.29, 1.82) is 0 Å². The van der Waals surface area contributed by atoms with Crippen LogP contribution in [0.25, 0.3) is 5.69 Å². The van der Waals surface area contributed by atoms with Crippen LogP contribution in [0.5, 0.6) is 0 Å². The third kappa shape index (κ3) is 6.09. The number of guanidine groups is 1. The van der Waals surface area contributed by atoms with Gasteiger partial charge in [0.1, 0.15) is 0 Å². The van der Waals surface area contributed by atoms with E-state index in [9.17, 15) is 0 Å². The molecule has 0 bridgehead atoms. The third-order valence-corrected chi connectivity index (χ3v) is 4.06. The molecule has 5 nitrogen and oxygen atoms in total. The lowest BCUT2D eigenvalue weighted by Gasteiger charge is -2.18. The molecule has 0 amide bonds. The molecule has 142 valence electrons. The van der Waals surface area contributed by atoms with Crippen molar-refractivity contribution in [2.24, 2.45) is 4.99 Å². The van der Waals surface area contributed by atoms with Crippen LogP contribution in [0.15, 0.2) is 77.9 Å². The molecule has 1 unspecified atom stereocenters. The lowest BCUT2D eigenvalue weighted by molar-refractivity contribution is 0.685. The van der Waals surface area contributed by atoms with Gasteiger partial charge in [-0.2, -0.15) is 5.10 Å². The summed E-state index contributed by atoms with van der Waals surface area (Å²) in [5.74, 6) is 0.790. The first-order chi connectivity index (χ1) is 12.8. The fourth-order valence-corrected chi connectivity index (χ4v) is 2.68. The molecule has 0 saturated heterocycles. The van der Waals surface area contributed by atoms with Crippen LogP contribution in [0.1, 0.15) is 31.1 Å². The molecule has 6 heteroatoms. The standard InChI is InChI=1S/C21H25N5.HI/c1-3-22-21(24-17(2)18-10-6-4-7-11-18)23-16-19-14-15-26(25-19)20-12-8-5-9-13-20;/h4-15,17H,3,16H2,1-2H3,(H2,22,23,24);1H. The predicted molar refractivity (Wildman–Crippen MR) is 122 cm³/mol. The SMILES string of the molecule is CCNC(=NCc1ccn(-c2ccccc2)n1)NC(C)c1ccccc1.I. The van der Waals surface area contributed by atoms with E-state index in [1.807, 2.05) is 65.5 Å². The normalized spacial score (nSPS) is 12.1. The highest BCUT2D eigenvalue weighted by Gasteiger charge is 2.07. The molecular formula is C21H26IN5. The van der Waals surface area contributed by atoms with Crippen LogP contribution in [-0.4, -0.2) is 22.3 Å². The second kappa shape index (κ2) is 10.7. The average Bonchev–Trinajstić information content (AvgIpc) is 3.17. The second-order valence-corrected chi connectivity index (χ2v) is 6.06. The monoisotopic (exact) mass is 475 g/mol. The van der Waals surface area contributed by atoms with Gasteiger partial charge in [0, 0.05) is 12.7 Å². The Balaban J connectivity index is 0.00000261. The van der Waals surface area contributed by atoms with E-state index in [1.54, 1.807) is 0 Å². The smallest absolute Gasteiger partial charge is 0.192 e. The third-order valence-electron chi connectivity index (χ3n) is 4.06. The van der Waals surface area contributed by atoms with Crippen LogP contribution in [0.4, 0.5) is 0 Å².